The molecule has 0 saturated carbocycles. The quantitative estimate of drug-likeness (QED) is 0.680. The zero-order chi connectivity index (χ0) is 11.1. The van der Waals surface area contributed by atoms with Gasteiger partial charge < -0.3 is 0 Å². The fraction of sp³-hybridized carbons (Fsp3) is 0.300. The van der Waals surface area contributed by atoms with Crippen LogP contribution >= 0.6 is 11.3 Å². The molecular formula is C10H11N5S. The molecule has 0 unspecified atom stereocenters. The van der Waals surface area contributed by atoms with Gasteiger partial charge in [-0.15, -0.1) is 0 Å². The lowest BCUT2D eigenvalue weighted by molar-refractivity contribution is 0.660. The first kappa shape index (κ1) is 9.53. The Hall–Kier alpha value is -1.69. The summed E-state index contributed by atoms with van der Waals surface area (Å²) in [5.41, 5.74) is 1.97. The van der Waals surface area contributed by atoms with Gasteiger partial charge in [0.2, 0.25) is 4.96 Å². The largest absolute Gasteiger partial charge is 0.272 e. The van der Waals surface area contributed by atoms with Crippen molar-refractivity contribution in [1.82, 2.24) is 24.4 Å². The average molecular weight is 233 g/mol. The lowest BCUT2D eigenvalue weighted by Gasteiger charge is -1.90. The van der Waals surface area contributed by atoms with Crippen LogP contribution in [0.1, 0.15) is 11.9 Å². The zero-order valence-corrected chi connectivity index (χ0v) is 9.90. The van der Waals surface area contributed by atoms with Crippen LogP contribution in [0.4, 0.5) is 0 Å². The molecule has 5 nitrogen and oxygen atoms in total. The number of aryl methyl sites for hydroxylation is 2. The number of aromatic nitrogens is 5. The molecule has 0 fully saturated rings. The number of fused-ring (bicyclic) bond motifs is 1. The second-order valence-electron chi connectivity index (χ2n) is 3.56. The molecular weight excluding hydrogens is 222 g/mol. The smallest absolute Gasteiger partial charge is 0.212 e. The zero-order valence-electron chi connectivity index (χ0n) is 9.08. The van der Waals surface area contributed by atoms with E-state index in [1.54, 1.807) is 11.3 Å². The van der Waals surface area contributed by atoms with E-state index in [0.29, 0.717) is 0 Å². The van der Waals surface area contributed by atoms with Crippen LogP contribution in [0.5, 0.6) is 0 Å². The van der Waals surface area contributed by atoms with Gasteiger partial charge in [-0.2, -0.15) is 10.2 Å². The van der Waals surface area contributed by atoms with E-state index in [1.807, 2.05) is 34.7 Å². The van der Waals surface area contributed by atoms with Gasteiger partial charge in [-0.1, -0.05) is 11.3 Å². The average Bonchev–Trinajstić information content (AvgIpc) is 2.88. The molecule has 6 heteroatoms. The summed E-state index contributed by atoms with van der Waals surface area (Å²) in [7, 11) is 0. The standard InChI is InChI=1S/C10H11N5S/c1-3-14-5-8(4-11-14)9-6-15-10(12-9)16-7(2)13-15/h4-6H,3H2,1-2H3. The molecule has 0 N–H and O–H groups in total. The second-order valence-corrected chi connectivity index (χ2v) is 4.72. The highest BCUT2D eigenvalue weighted by Crippen LogP contribution is 2.21. The molecule has 16 heavy (non-hydrogen) atoms. The minimum atomic E-state index is 0.875. The van der Waals surface area contributed by atoms with Crippen LogP contribution in [0.2, 0.25) is 0 Å². The third-order valence-corrected chi connectivity index (χ3v) is 3.24. The molecule has 0 bridgehead atoms. The van der Waals surface area contributed by atoms with E-state index in [0.717, 1.165) is 27.8 Å². The first-order chi connectivity index (χ1) is 7.76. The number of hydrogen-bond donors (Lipinski definition) is 0. The van der Waals surface area contributed by atoms with Crippen molar-refractivity contribution in [2.45, 2.75) is 20.4 Å². The van der Waals surface area contributed by atoms with Gasteiger partial charge in [-0.3, -0.25) is 4.68 Å². The Morgan fingerprint density at radius 1 is 1.38 bits per heavy atom. The summed E-state index contributed by atoms with van der Waals surface area (Å²) in [6.45, 7) is 4.92. The van der Waals surface area contributed by atoms with Crippen LogP contribution in [0.3, 0.4) is 0 Å². The lowest BCUT2D eigenvalue weighted by atomic mass is 10.3. The molecule has 0 saturated heterocycles. The molecule has 0 atom stereocenters. The van der Waals surface area contributed by atoms with Crippen LogP contribution in [0.25, 0.3) is 16.2 Å². The van der Waals surface area contributed by atoms with Crippen molar-refractivity contribution >= 4 is 16.3 Å². The molecule has 3 aromatic rings. The van der Waals surface area contributed by atoms with Crippen molar-refractivity contribution in [3.8, 4) is 11.3 Å². The third kappa shape index (κ3) is 1.42. The van der Waals surface area contributed by atoms with Gasteiger partial charge in [-0.25, -0.2) is 9.50 Å². The lowest BCUT2D eigenvalue weighted by Crippen LogP contribution is -1.91. The molecule has 0 spiro atoms. The maximum atomic E-state index is 4.52. The van der Waals surface area contributed by atoms with Crippen molar-refractivity contribution < 1.29 is 0 Å². The minimum Gasteiger partial charge on any atom is -0.272 e. The van der Waals surface area contributed by atoms with Crippen molar-refractivity contribution in [3.05, 3.63) is 23.6 Å². The molecule has 0 amide bonds. The van der Waals surface area contributed by atoms with Gasteiger partial charge in [0.25, 0.3) is 0 Å². The highest BCUT2D eigenvalue weighted by atomic mass is 32.1. The van der Waals surface area contributed by atoms with Crippen molar-refractivity contribution in [2.75, 3.05) is 0 Å². The van der Waals surface area contributed by atoms with Crippen LogP contribution < -0.4 is 0 Å². The van der Waals surface area contributed by atoms with Gasteiger partial charge in [0.15, 0.2) is 0 Å². The van der Waals surface area contributed by atoms with Gasteiger partial charge in [0.1, 0.15) is 5.01 Å². The SMILES string of the molecule is CCn1cc(-c2cn3nc(C)sc3n2)cn1. The molecule has 0 aliphatic heterocycles. The summed E-state index contributed by atoms with van der Waals surface area (Å²) >= 11 is 1.59. The second kappa shape index (κ2) is 3.41. The molecule has 3 aromatic heterocycles. The van der Waals surface area contributed by atoms with Gasteiger partial charge in [-0.05, 0) is 13.8 Å². The van der Waals surface area contributed by atoms with Crippen LogP contribution in [0, 0.1) is 6.92 Å². The van der Waals surface area contributed by atoms with Gasteiger partial charge in [0, 0.05) is 18.3 Å². The third-order valence-electron chi connectivity index (χ3n) is 2.40. The van der Waals surface area contributed by atoms with Crippen LogP contribution in [0.15, 0.2) is 18.6 Å². The number of hydrogen-bond acceptors (Lipinski definition) is 4. The fourth-order valence-electron chi connectivity index (χ4n) is 1.61. The Morgan fingerprint density at radius 2 is 2.25 bits per heavy atom. The maximum Gasteiger partial charge on any atom is 0.212 e. The summed E-state index contributed by atoms with van der Waals surface area (Å²) in [6.07, 6.45) is 5.78. The molecule has 82 valence electrons. The molecule has 0 aliphatic carbocycles. The van der Waals surface area contributed by atoms with E-state index in [-0.39, 0.29) is 0 Å². The first-order valence-electron chi connectivity index (χ1n) is 5.12. The van der Waals surface area contributed by atoms with E-state index in [2.05, 4.69) is 22.1 Å². The summed E-state index contributed by atoms with van der Waals surface area (Å²) < 4.78 is 3.71. The van der Waals surface area contributed by atoms with E-state index in [9.17, 15) is 0 Å². The van der Waals surface area contributed by atoms with Crippen molar-refractivity contribution in [3.63, 3.8) is 0 Å². The van der Waals surface area contributed by atoms with Crippen molar-refractivity contribution in [2.24, 2.45) is 0 Å². The topological polar surface area (TPSA) is 48.0 Å². The number of nitrogens with zero attached hydrogens (tertiary/aromatic N) is 5. The fourth-order valence-corrected chi connectivity index (χ4v) is 2.33. The Labute approximate surface area is 96.4 Å². The van der Waals surface area contributed by atoms with Crippen LogP contribution in [-0.4, -0.2) is 24.4 Å². The normalized spacial score (nSPS) is 11.4. The van der Waals surface area contributed by atoms with E-state index in [1.165, 1.54) is 0 Å². The minimum absolute atomic E-state index is 0.875. The summed E-state index contributed by atoms with van der Waals surface area (Å²) in [4.78, 5) is 5.44. The maximum absolute atomic E-state index is 4.52. The molecule has 0 aromatic carbocycles. The Kier molecular flexibility index (Phi) is 2.03. The van der Waals surface area contributed by atoms with Crippen molar-refractivity contribution in [1.29, 1.82) is 0 Å². The Bertz CT molecular complexity index is 601. The van der Waals surface area contributed by atoms with Gasteiger partial charge >= 0.3 is 0 Å². The predicted molar refractivity (Wildman–Crippen MR) is 62.5 cm³/mol. The predicted octanol–water partition coefficient (Wildman–Crippen LogP) is 1.98. The molecule has 0 aliphatic rings. The summed E-state index contributed by atoms with van der Waals surface area (Å²) in [6, 6.07) is 0. The van der Waals surface area contributed by atoms with Crippen LogP contribution in [-0.2, 0) is 6.54 Å². The van der Waals surface area contributed by atoms with E-state index >= 15 is 0 Å². The number of imidazole rings is 1. The highest BCUT2D eigenvalue weighted by molar-refractivity contribution is 7.16. The Balaban J connectivity index is 2.07. The molecule has 3 heterocycles. The van der Waals surface area contributed by atoms with E-state index < -0.39 is 0 Å². The van der Waals surface area contributed by atoms with E-state index in [4.69, 9.17) is 0 Å². The van der Waals surface area contributed by atoms with Gasteiger partial charge in [0.05, 0.1) is 18.1 Å². The molecule has 3 rings (SSSR count). The first-order valence-corrected chi connectivity index (χ1v) is 5.93. The highest BCUT2D eigenvalue weighted by Gasteiger charge is 2.09. The summed E-state index contributed by atoms with van der Waals surface area (Å²) in [5, 5.41) is 9.59. The Morgan fingerprint density at radius 3 is 2.94 bits per heavy atom. The monoisotopic (exact) mass is 233 g/mol. The number of rotatable bonds is 2. The summed E-state index contributed by atoms with van der Waals surface area (Å²) in [5.74, 6) is 0. The molecule has 0 radical (unpaired) electrons.